The second-order valence-electron chi connectivity index (χ2n) is 8.76. The minimum Gasteiger partial charge on any atom is -0.387 e. The van der Waals surface area contributed by atoms with Crippen LogP contribution in [-0.2, 0) is 33.4 Å². The molecule has 1 saturated heterocycles. The summed E-state index contributed by atoms with van der Waals surface area (Å²) in [5, 5.41) is 0.208. The number of piperidine rings is 1. The van der Waals surface area contributed by atoms with E-state index in [1.54, 1.807) is 0 Å². The molecule has 1 fully saturated rings. The van der Waals surface area contributed by atoms with E-state index in [0.717, 1.165) is 17.0 Å². The van der Waals surface area contributed by atoms with Gasteiger partial charge in [-0.2, -0.15) is 8.78 Å². The number of carbonyl (C=O) groups is 4. The number of hydrogen-bond acceptors (Lipinski definition) is 4. The van der Waals surface area contributed by atoms with Gasteiger partial charge in [0, 0.05) is 35.7 Å². The highest BCUT2D eigenvalue weighted by Crippen LogP contribution is 2.44. The van der Waals surface area contributed by atoms with Crippen molar-refractivity contribution in [1.29, 1.82) is 0 Å². The molecule has 36 heavy (non-hydrogen) atoms. The maximum Gasteiger partial charge on any atom is 0.348 e. The van der Waals surface area contributed by atoms with Gasteiger partial charge in [0.25, 0.3) is 11.8 Å². The van der Waals surface area contributed by atoms with E-state index < -0.39 is 58.7 Å². The van der Waals surface area contributed by atoms with Crippen LogP contribution >= 0.6 is 11.6 Å². The molecule has 1 atom stereocenters. The van der Waals surface area contributed by atoms with Crippen molar-refractivity contribution in [2.75, 3.05) is 0 Å². The molecule has 4 rings (SSSR count). The Kier molecular flexibility index (Phi) is 6.35. The number of alkyl halides is 2. The molecule has 7 nitrogen and oxygen atoms in total. The number of rotatable bonds is 5. The number of fused-ring (bicyclic) bond motifs is 1. The fourth-order valence-corrected chi connectivity index (χ4v) is 4.37. The zero-order valence-corrected chi connectivity index (χ0v) is 19.4. The van der Waals surface area contributed by atoms with E-state index in [9.17, 15) is 28.0 Å². The van der Waals surface area contributed by atoms with Crippen molar-refractivity contribution in [3.63, 3.8) is 0 Å². The van der Waals surface area contributed by atoms with Gasteiger partial charge in [-0.15, -0.1) is 0 Å². The molecular formula is C22H14B4ClF2N3O4. The Morgan fingerprint density at radius 3 is 2.36 bits per heavy atom. The van der Waals surface area contributed by atoms with Crippen LogP contribution in [0.25, 0.3) is 0 Å². The van der Waals surface area contributed by atoms with E-state index in [0.29, 0.717) is 15.9 Å². The summed E-state index contributed by atoms with van der Waals surface area (Å²) in [5.74, 6) is -8.00. The lowest BCUT2D eigenvalue weighted by atomic mass is 9.36. The van der Waals surface area contributed by atoms with Crippen LogP contribution in [-0.4, -0.2) is 70.3 Å². The lowest BCUT2D eigenvalue weighted by molar-refractivity contribution is -0.154. The number of nitrogens with zero attached hydrogens (tertiary/aromatic N) is 2. The van der Waals surface area contributed by atoms with E-state index in [1.807, 2.05) is 5.32 Å². The average molecular weight is 501 g/mol. The van der Waals surface area contributed by atoms with Crippen LogP contribution in [0.2, 0.25) is 10.2 Å². The number of nitrogens with one attached hydrogen (secondary N) is 1. The van der Waals surface area contributed by atoms with Gasteiger partial charge >= 0.3 is 5.92 Å². The van der Waals surface area contributed by atoms with Crippen LogP contribution in [0.15, 0.2) is 42.5 Å². The Morgan fingerprint density at radius 1 is 1.11 bits per heavy atom. The van der Waals surface area contributed by atoms with Crippen molar-refractivity contribution in [2.24, 2.45) is 0 Å². The number of carbonyl (C=O) groups excluding carboxylic acids is 4. The smallest absolute Gasteiger partial charge is 0.348 e. The maximum atomic E-state index is 14.7. The molecule has 1 N–H and O–H groups in total. The molecule has 0 bridgehead atoms. The van der Waals surface area contributed by atoms with Crippen LogP contribution in [0.5, 0.6) is 0 Å². The van der Waals surface area contributed by atoms with Crippen LogP contribution < -0.4 is 5.32 Å². The van der Waals surface area contributed by atoms with E-state index in [4.69, 9.17) is 43.1 Å². The highest BCUT2D eigenvalue weighted by Gasteiger charge is 2.56. The Labute approximate surface area is 215 Å². The van der Waals surface area contributed by atoms with Gasteiger partial charge in [0.2, 0.25) is 19.8 Å². The third-order valence-corrected chi connectivity index (χ3v) is 6.50. The lowest BCUT2D eigenvalue weighted by Crippen LogP contribution is -2.70. The molecule has 174 valence electrons. The Morgan fingerprint density at radius 2 is 1.75 bits per heavy atom. The number of benzene rings is 2. The molecule has 0 aliphatic carbocycles. The van der Waals surface area contributed by atoms with Gasteiger partial charge in [0.15, 0.2) is 0 Å². The first-order chi connectivity index (χ1) is 16.7. The summed E-state index contributed by atoms with van der Waals surface area (Å²) in [4.78, 5) is 51.1. The quantitative estimate of drug-likeness (QED) is 0.487. The van der Waals surface area contributed by atoms with Crippen molar-refractivity contribution < 1.29 is 28.0 Å². The normalized spacial score (nSPS) is 21.2. The van der Waals surface area contributed by atoms with Gasteiger partial charge in [-0.25, -0.2) is 0 Å². The van der Waals surface area contributed by atoms with Crippen LogP contribution in [0.1, 0.15) is 33.5 Å². The number of imide groups is 1. The summed E-state index contributed by atoms with van der Waals surface area (Å²) in [6, 6.07) is 8.77. The van der Waals surface area contributed by atoms with Gasteiger partial charge in [-0.1, -0.05) is 41.1 Å². The molecule has 0 saturated carbocycles. The first-order valence-corrected chi connectivity index (χ1v) is 10.9. The Balaban J connectivity index is 1.55. The largest absolute Gasteiger partial charge is 0.387 e. The molecule has 4 amide bonds. The fourth-order valence-electron chi connectivity index (χ4n) is 4.24. The van der Waals surface area contributed by atoms with Gasteiger partial charge in [-0.05, 0) is 29.3 Å². The van der Waals surface area contributed by atoms with Crippen molar-refractivity contribution >= 4 is 66.7 Å². The van der Waals surface area contributed by atoms with E-state index in [1.165, 1.54) is 30.3 Å². The molecule has 2 aromatic rings. The average Bonchev–Trinajstić information content (AvgIpc) is 3.12. The van der Waals surface area contributed by atoms with Crippen LogP contribution in [0.3, 0.4) is 0 Å². The highest BCUT2D eigenvalue weighted by atomic mass is 35.5. The molecule has 2 aliphatic heterocycles. The fraction of sp³-hybridized carbons (Fsp3) is 0.273. The van der Waals surface area contributed by atoms with Crippen LogP contribution in [0, 0.1) is 0 Å². The molecule has 0 spiro atoms. The monoisotopic (exact) mass is 501 g/mol. The van der Waals surface area contributed by atoms with Crippen molar-refractivity contribution in [2.45, 2.75) is 36.1 Å². The second kappa shape index (κ2) is 8.80. The molecule has 1 unspecified atom stereocenters. The maximum absolute atomic E-state index is 14.7. The standard InChI is InChI=1S/C22H14B4ClF2N3O4/c23-20(24)8-16(33)30-18(35)22(20,25)31-10-12-7-11(1-6-15(12)17(31)34)9-32(26)19(36)21(28,29)13-2-4-14(27)5-3-13/h1-7H,8-10H2,(H,30,33,35). The molecule has 2 aliphatic rings. The predicted molar refractivity (Wildman–Crippen MR) is 128 cm³/mol. The van der Waals surface area contributed by atoms with Gasteiger partial charge in [0.1, 0.15) is 7.85 Å². The summed E-state index contributed by atoms with van der Waals surface area (Å²) in [5.41, 5.74) is -1.97. The molecule has 2 aromatic carbocycles. The highest BCUT2D eigenvalue weighted by molar-refractivity contribution is 6.52. The van der Waals surface area contributed by atoms with Gasteiger partial charge < -0.3 is 9.71 Å². The van der Waals surface area contributed by atoms with Gasteiger partial charge in [-0.3, -0.25) is 24.5 Å². The SMILES string of the molecule is [B]N(Cc1ccc2c(c1)CN(C1([B])C(=O)NC(=O)CC1([B])[B])C2=O)C(=O)C(F)(F)c1ccc(Cl)cc1. The third kappa shape index (κ3) is 4.13. The van der Waals surface area contributed by atoms with Crippen molar-refractivity contribution in [1.82, 2.24) is 15.0 Å². The summed E-state index contributed by atoms with van der Waals surface area (Å²) in [6.45, 7) is -0.625. The topological polar surface area (TPSA) is 86.8 Å². The summed E-state index contributed by atoms with van der Waals surface area (Å²) < 4.78 is 29.4. The van der Waals surface area contributed by atoms with Crippen molar-refractivity contribution in [3.8, 4) is 0 Å². The van der Waals surface area contributed by atoms with E-state index in [2.05, 4.69) is 0 Å². The summed E-state index contributed by atoms with van der Waals surface area (Å²) in [7, 11) is 23.8. The summed E-state index contributed by atoms with van der Waals surface area (Å²) >= 11 is 5.72. The number of amides is 4. The number of hydrogen-bond donors (Lipinski definition) is 1. The zero-order valence-electron chi connectivity index (χ0n) is 18.6. The summed E-state index contributed by atoms with van der Waals surface area (Å²) in [6.07, 6.45) is -0.507. The molecule has 2 heterocycles. The predicted octanol–water partition coefficient (Wildman–Crippen LogP) is 0.864. The second-order valence-corrected chi connectivity index (χ2v) is 9.19. The zero-order chi connectivity index (χ0) is 26.6. The van der Waals surface area contributed by atoms with Gasteiger partial charge in [0.05, 0.1) is 21.1 Å². The van der Waals surface area contributed by atoms with E-state index in [-0.39, 0.29) is 17.1 Å². The minimum atomic E-state index is -3.91. The third-order valence-electron chi connectivity index (χ3n) is 6.25. The van der Waals surface area contributed by atoms with Crippen LogP contribution in [0.4, 0.5) is 8.78 Å². The van der Waals surface area contributed by atoms with E-state index >= 15 is 0 Å². The lowest BCUT2D eigenvalue weighted by Gasteiger charge is -2.52. The molecule has 14 heteroatoms. The first kappa shape index (κ1) is 26.0. The Hall–Kier alpha value is -3.07. The Bertz CT molecular complexity index is 1290. The van der Waals surface area contributed by atoms with Crippen molar-refractivity contribution in [3.05, 3.63) is 69.7 Å². The number of halogens is 3. The molecule has 8 radical (unpaired) electrons. The minimum absolute atomic E-state index is 0.158. The molecule has 0 aromatic heterocycles. The first-order valence-electron chi connectivity index (χ1n) is 10.5. The molecular weight excluding hydrogens is 487 g/mol.